The van der Waals surface area contributed by atoms with E-state index in [0.717, 1.165) is 17.5 Å². The second-order valence-corrected chi connectivity index (χ2v) is 9.82. The Morgan fingerprint density at radius 3 is 2.38 bits per heavy atom. The van der Waals surface area contributed by atoms with E-state index < -0.39 is 10.0 Å². The number of sulfonamides is 1. The Kier molecular flexibility index (Phi) is 8.20. The van der Waals surface area contributed by atoms with Crippen LogP contribution in [0.5, 0.6) is 0 Å². The molecule has 168 valence electrons. The minimum Gasteiger partial charge on any atom is -0.338 e. The predicted molar refractivity (Wildman–Crippen MR) is 126 cm³/mol. The molecule has 0 aromatic heterocycles. The van der Waals surface area contributed by atoms with Gasteiger partial charge in [0.15, 0.2) is 0 Å². The molecule has 2 aromatic carbocycles. The molecule has 0 aliphatic carbocycles. The molecule has 1 fully saturated rings. The highest BCUT2D eigenvalue weighted by Crippen LogP contribution is 2.24. The van der Waals surface area contributed by atoms with Crippen LogP contribution in [0.2, 0.25) is 0 Å². The summed E-state index contributed by atoms with van der Waals surface area (Å²) < 4.78 is 26.8. The zero-order valence-electron chi connectivity index (χ0n) is 18.4. The molecule has 1 aliphatic heterocycles. The third kappa shape index (κ3) is 6.28. The fourth-order valence-electron chi connectivity index (χ4n) is 3.87. The molecule has 3 rings (SSSR count). The lowest BCUT2D eigenvalue weighted by atomic mass is 9.96. The maximum Gasteiger partial charge on any atom is 0.236 e. The van der Waals surface area contributed by atoms with Crippen molar-refractivity contribution in [1.29, 1.82) is 5.26 Å². The summed E-state index contributed by atoms with van der Waals surface area (Å²) in [6, 6.07) is 18.7. The lowest BCUT2D eigenvalue weighted by Crippen LogP contribution is -2.44. The fourth-order valence-corrected chi connectivity index (χ4v) is 5.09. The van der Waals surface area contributed by atoms with E-state index in [1.54, 1.807) is 18.2 Å². The Labute approximate surface area is 190 Å². The molecule has 1 aliphatic rings. The molecule has 1 heterocycles. The van der Waals surface area contributed by atoms with Gasteiger partial charge in [0.05, 0.1) is 11.6 Å². The van der Waals surface area contributed by atoms with Crippen molar-refractivity contribution in [2.45, 2.75) is 32.7 Å². The molecule has 32 heavy (non-hydrogen) atoms. The molecule has 0 saturated carbocycles. The van der Waals surface area contributed by atoms with Gasteiger partial charge in [-0.05, 0) is 48.6 Å². The van der Waals surface area contributed by atoms with E-state index in [1.807, 2.05) is 54.3 Å². The Hall–Kier alpha value is -2.95. The van der Waals surface area contributed by atoms with Crippen LogP contribution in [0.3, 0.4) is 0 Å². The molecule has 6 nitrogen and oxygen atoms in total. The van der Waals surface area contributed by atoms with E-state index >= 15 is 0 Å². The topological polar surface area (TPSA) is 81.5 Å². The van der Waals surface area contributed by atoms with Crippen LogP contribution in [0.4, 0.5) is 0 Å². The Morgan fingerprint density at radius 1 is 1.12 bits per heavy atom. The molecule has 7 heteroatoms. The number of nitriles is 1. The lowest BCUT2D eigenvalue weighted by molar-refractivity contribution is -0.137. The van der Waals surface area contributed by atoms with Crippen molar-refractivity contribution < 1.29 is 13.2 Å². The van der Waals surface area contributed by atoms with Crippen LogP contribution in [-0.4, -0.2) is 43.2 Å². The number of rotatable bonds is 8. The van der Waals surface area contributed by atoms with Crippen molar-refractivity contribution in [3.63, 3.8) is 0 Å². The standard InChI is InChI=1S/C25H29N3O3S/c1-2-15-27(20-23-10-8-22(19-26)9-11-23)25(29)24-12-16-28(17-13-24)32(30,31)18-14-21-6-4-3-5-7-21/h3-11,14,18,24H,2,12-13,15-17,20H2,1H3/b18-14+. The number of carbonyl (C=O) groups excluding carboxylic acids is 1. The van der Waals surface area contributed by atoms with Gasteiger partial charge in [0.1, 0.15) is 0 Å². The molecular weight excluding hydrogens is 422 g/mol. The normalized spacial score (nSPS) is 15.5. The average molecular weight is 452 g/mol. The van der Waals surface area contributed by atoms with Crippen molar-refractivity contribution >= 4 is 22.0 Å². The summed E-state index contributed by atoms with van der Waals surface area (Å²) in [6.45, 7) is 3.87. The van der Waals surface area contributed by atoms with Crippen LogP contribution in [0.15, 0.2) is 60.0 Å². The first kappa shape index (κ1) is 23.7. The smallest absolute Gasteiger partial charge is 0.236 e. The second kappa shape index (κ2) is 11.1. The maximum atomic E-state index is 13.2. The van der Waals surface area contributed by atoms with Crippen LogP contribution in [0.25, 0.3) is 6.08 Å². The highest BCUT2D eigenvalue weighted by atomic mass is 32.2. The third-order valence-corrected chi connectivity index (χ3v) is 7.22. The number of benzene rings is 2. The van der Waals surface area contributed by atoms with Gasteiger partial charge >= 0.3 is 0 Å². The highest BCUT2D eigenvalue weighted by molar-refractivity contribution is 7.92. The monoisotopic (exact) mass is 451 g/mol. The number of amides is 1. The summed E-state index contributed by atoms with van der Waals surface area (Å²) in [5.74, 6) is -0.0995. The minimum absolute atomic E-state index is 0.0769. The second-order valence-electron chi connectivity index (χ2n) is 8.00. The zero-order chi connectivity index (χ0) is 23.0. The number of carbonyl (C=O) groups is 1. The summed E-state index contributed by atoms with van der Waals surface area (Å²) in [7, 11) is -3.51. The van der Waals surface area contributed by atoms with Crippen molar-refractivity contribution in [1.82, 2.24) is 9.21 Å². The number of nitrogens with zero attached hydrogens (tertiary/aromatic N) is 3. The van der Waals surface area contributed by atoms with Gasteiger partial charge in [-0.25, -0.2) is 8.42 Å². The molecule has 0 unspecified atom stereocenters. The van der Waals surface area contributed by atoms with Gasteiger partial charge < -0.3 is 4.90 Å². The Morgan fingerprint density at radius 2 is 1.78 bits per heavy atom. The quantitative estimate of drug-likeness (QED) is 0.607. The van der Waals surface area contributed by atoms with E-state index in [1.165, 1.54) is 9.71 Å². The molecule has 0 N–H and O–H groups in total. The summed E-state index contributed by atoms with van der Waals surface area (Å²) in [6.07, 6.45) is 3.49. The Balaban J connectivity index is 1.60. The summed E-state index contributed by atoms with van der Waals surface area (Å²) >= 11 is 0. The van der Waals surface area contributed by atoms with Crippen molar-refractivity contribution in [2.24, 2.45) is 5.92 Å². The first-order valence-electron chi connectivity index (χ1n) is 10.9. The van der Waals surface area contributed by atoms with Crippen LogP contribution >= 0.6 is 0 Å². The lowest BCUT2D eigenvalue weighted by Gasteiger charge is -2.33. The van der Waals surface area contributed by atoms with Gasteiger partial charge in [-0.2, -0.15) is 9.57 Å². The molecule has 0 atom stereocenters. The molecule has 0 bridgehead atoms. The van der Waals surface area contributed by atoms with Gasteiger partial charge in [-0.1, -0.05) is 49.4 Å². The molecular formula is C25H29N3O3S. The maximum absolute atomic E-state index is 13.2. The molecule has 0 spiro atoms. The van der Waals surface area contributed by atoms with Crippen LogP contribution in [0, 0.1) is 17.2 Å². The molecule has 1 amide bonds. The van der Waals surface area contributed by atoms with E-state index in [0.29, 0.717) is 44.6 Å². The van der Waals surface area contributed by atoms with Crippen molar-refractivity contribution in [2.75, 3.05) is 19.6 Å². The number of hydrogen-bond donors (Lipinski definition) is 0. The Bertz CT molecular complexity index is 1070. The van der Waals surface area contributed by atoms with E-state index in [9.17, 15) is 13.2 Å². The van der Waals surface area contributed by atoms with Gasteiger partial charge in [-0.15, -0.1) is 0 Å². The minimum atomic E-state index is -3.51. The predicted octanol–water partition coefficient (Wildman–Crippen LogP) is 4.01. The first-order chi connectivity index (χ1) is 15.4. The largest absolute Gasteiger partial charge is 0.338 e. The summed E-state index contributed by atoms with van der Waals surface area (Å²) in [5.41, 5.74) is 2.41. The van der Waals surface area contributed by atoms with Gasteiger partial charge in [0.25, 0.3) is 0 Å². The van der Waals surface area contributed by atoms with Crippen molar-refractivity contribution in [3.05, 3.63) is 76.7 Å². The van der Waals surface area contributed by atoms with Crippen LogP contribution in [0.1, 0.15) is 42.9 Å². The van der Waals surface area contributed by atoms with Crippen molar-refractivity contribution in [3.8, 4) is 6.07 Å². The van der Waals surface area contributed by atoms with Crippen LogP contribution < -0.4 is 0 Å². The molecule has 1 saturated heterocycles. The fraction of sp³-hybridized carbons (Fsp3) is 0.360. The molecule has 0 radical (unpaired) electrons. The number of piperidine rings is 1. The third-order valence-electron chi connectivity index (χ3n) is 5.66. The van der Waals surface area contributed by atoms with E-state index in [2.05, 4.69) is 6.07 Å². The molecule has 2 aromatic rings. The van der Waals surface area contributed by atoms with E-state index in [-0.39, 0.29) is 11.8 Å². The zero-order valence-corrected chi connectivity index (χ0v) is 19.2. The summed E-state index contributed by atoms with van der Waals surface area (Å²) in [5, 5.41) is 10.2. The van der Waals surface area contributed by atoms with Gasteiger partial charge in [0, 0.05) is 37.5 Å². The van der Waals surface area contributed by atoms with Gasteiger partial charge in [-0.3, -0.25) is 4.79 Å². The average Bonchev–Trinajstić information content (AvgIpc) is 2.83. The first-order valence-corrected chi connectivity index (χ1v) is 12.4. The van der Waals surface area contributed by atoms with E-state index in [4.69, 9.17) is 5.26 Å². The van der Waals surface area contributed by atoms with Gasteiger partial charge in [0.2, 0.25) is 15.9 Å². The highest BCUT2D eigenvalue weighted by Gasteiger charge is 2.32. The summed E-state index contributed by atoms with van der Waals surface area (Å²) in [4.78, 5) is 15.0. The van der Waals surface area contributed by atoms with Crippen LogP contribution in [-0.2, 0) is 21.4 Å². The SMILES string of the molecule is CCCN(Cc1ccc(C#N)cc1)C(=O)C1CCN(S(=O)(=O)/C=C/c2ccccc2)CC1. The number of hydrogen-bond acceptors (Lipinski definition) is 4.